The Bertz CT molecular complexity index is 522. The van der Waals surface area contributed by atoms with Gasteiger partial charge in [-0.1, -0.05) is 11.6 Å². The predicted octanol–water partition coefficient (Wildman–Crippen LogP) is 1.34. The van der Waals surface area contributed by atoms with Gasteiger partial charge in [0.1, 0.15) is 5.75 Å². The summed E-state index contributed by atoms with van der Waals surface area (Å²) in [5, 5.41) is 10.0. The van der Waals surface area contributed by atoms with Crippen LogP contribution in [0.2, 0.25) is 5.02 Å². The number of methoxy groups -OCH3 is 1. The first-order chi connectivity index (χ1) is 9.97. The van der Waals surface area contributed by atoms with Gasteiger partial charge < -0.3 is 19.6 Å². The van der Waals surface area contributed by atoms with Gasteiger partial charge in [-0.05, 0) is 32.3 Å². The number of benzene rings is 1. The van der Waals surface area contributed by atoms with Crippen molar-refractivity contribution in [3.8, 4) is 5.75 Å². The first-order valence-corrected chi connectivity index (χ1v) is 7.25. The van der Waals surface area contributed by atoms with Crippen molar-refractivity contribution in [2.75, 3.05) is 40.9 Å². The average molecular weight is 313 g/mol. The molecule has 0 radical (unpaired) electrons. The van der Waals surface area contributed by atoms with Crippen LogP contribution in [0, 0.1) is 5.92 Å². The highest BCUT2D eigenvalue weighted by Gasteiger charge is 2.36. The second-order valence-electron chi connectivity index (χ2n) is 5.53. The predicted molar refractivity (Wildman–Crippen MR) is 82.0 cm³/mol. The molecule has 1 heterocycles. The van der Waals surface area contributed by atoms with E-state index < -0.39 is 0 Å². The molecule has 1 N–H and O–H groups in total. The maximum Gasteiger partial charge on any atom is 0.257 e. The zero-order valence-electron chi connectivity index (χ0n) is 12.5. The van der Waals surface area contributed by atoms with E-state index in [9.17, 15) is 9.90 Å². The normalized spacial score (nSPS) is 21.9. The van der Waals surface area contributed by atoms with Gasteiger partial charge in [0.15, 0.2) is 0 Å². The number of likely N-dealkylation sites (tertiary alicyclic amines) is 1. The molecule has 0 saturated carbocycles. The minimum absolute atomic E-state index is 0.0715. The quantitative estimate of drug-likeness (QED) is 0.911. The molecule has 2 rings (SSSR count). The molecule has 0 spiro atoms. The molecule has 1 aliphatic heterocycles. The Hall–Kier alpha value is -1.30. The first-order valence-electron chi connectivity index (χ1n) is 6.88. The number of aliphatic hydroxyl groups is 1. The Morgan fingerprint density at radius 3 is 2.71 bits per heavy atom. The summed E-state index contributed by atoms with van der Waals surface area (Å²) in [4.78, 5) is 16.5. The number of rotatable bonds is 4. The van der Waals surface area contributed by atoms with Crippen LogP contribution in [0.3, 0.4) is 0 Å². The molecular weight excluding hydrogens is 292 g/mol. The monoisotopic (exact) mass is 312 g/mol. The number of carbonyl (C=O) groups excluding carboxylic acids is 1. The molecule has 0 aliphatic carbocycles. The SMILES string of the molecule is COc1cc(Cl)ccc1C(=O)N1C[C@@H](CO)[C@H](N(C)C)C1. The lowest BCUT2D eigenvalue weighted by Gasteiger charge is -2.23. The van der Waals surface area contributed by atoms with Crippen molar-refractivity contribution in [1.82, 2.24) is 9.80 Å². The van der Waals surface area contributed by atoms with E-state index >= 15 is 0 Å². The molecule has 1 aromatic rings. The minimum atomic E-state index is -0.0914. The van der Waals surface area contributed by atoms with Gasteiger partial charge in [-0.15, -0.1) is 0 Å². The molecule has 5 nitrogen and oxygen atoms in total. The Labute approximate surface area is 130 Å². The first kappa shape index (κ1) is 16.1. The van der Waals surface area contributed by atoms with E-state index in [2.05, 4.69) is 0 Å². The van der Waals surface area contributed by atoms with Gasteiger partial charge in [0.05, 0.1) is 12.7 Å². The van der Waals surface area contributed by atoms with Gasteiger partial charge in [-0.2, -0.15) is 0 Å². The zero-order valence-corrected chi connectivity index (χ0v) is 13.3. The molecule has 6 heteroatoms. The van der Waals surface area contributed by atoms with Crippen LogP contribution in [0.4, 0.5) is 0 Å². The van der Waals surface area contributed by atoms with Gasteiger partial charge in [-0.25, -0.2) is 0 Å². The maximum absolute atomic E-state index is 12.7. The highest BCUT2D eigenvalue weighted by Crippen LogP contribution is 2.27. The molecule has 1 saturated heterocycles. The number of ether oxygens (including phenoxy) is 1. The van der Waals surface area contributed by atoms with Gasteiger partial charge in [0.2, 0.25) is 0 Å². The van der Waals surface area contributed by atoms with Gasteiger partial charge in [0, 0.05) is 36.7 Å². The molecular formula is C15H21ClN2O3. The minimum Gasteiger partial charge on any atom is -0.496 e. The summed E-state index contributed by atoms with van der Waals surface area (Å²) in [6.45, 7) is 1.22. The fraction of sp³-hybridized carbons (Fsp3) is 0.533. The number of hydrogen-bond acceptors (Lipinski definition) is 4. The summed E-state index contributed by atoms with van der Waals surface area (Å²) in [5.74, 6) is 0.454. The van der Waals surface area contributed by atoms with Crippen molar-refractivity contribution < 1.29 is 14.6 Å². The van der Waals surface area contributed by atoms with Crippen molar-refractivity contribution in [1.29, 1.82) is 0 Å². The van der Waals surface area contributed by atoms with Crippen molar-refractivity contribution in [2.45, 2.75) is 6.04 Å². The smallest absolute Gasteiger partial charge is 0.257 e. The van der Waals surface area contributed by atoms with Crippen LogP contribution in [0.25, 0.3) is 0 Å². The highest BCUT2D eigenvalue weighted by molar-refractivity contribution is 6.30. The molecule has 0 bridgehead atoms. The third-order valence-electron chi connectivity index (χ3n) is 3.99. The van der Waals surface area contributed by atoms with E-state index in [1.54, 1.807) is 23.1 Å². The Morgan fingerprint density at radius 1 is 1.48 bits per heavy atom. The van der Waals surface area contributed by atoms with Crippen LogP contribution >= 0.6 is 11.6 Å². The molecule has 1 fully saturated rings. The third-order valence-corrected chi connectivity index (χ3v) is 4.22. The molecule has 116 valence electrons. The number of halogens is 1. The molecule has 0 aromatic heterocycles. The summed E-state index contributed by atoms with van der Waals surface area (Å²) in [6, 6.07) is 5.16. The maximum atomic E-state index is 12.7. The Morgan fingerprint density at radius 2 is 2.19 bits per heavy atom. The molecule has 0 unspecified atom stereocenters. The van der Waals surface area contributed by atoms with Crippen LogP contribution in [-0.2, 0) is 0 Å². The fourth-order valence-corrected chi connectivity index (χ4v) is 2.96. The lowest BCUT2D eigenvalue weighted by Crippen LogP contribution is -2.37. The molecule has 21 heavy (non-hydrogen) atoms. The van der Waals surface area contributed by atoms with E-state index in [1.807, 2.05) is 19.0 Å². The third kappa shape index (κ3) is 3.31. The van der Waals surface area contributed by atoms with Crippen LogP contribution in [0.15, 0.2) is 18.2 Å². The Kier molecular flexibility index (Phi) is 5.08. The zero-order chi connectivity index (χ0) is 15.6. The lowest BCUT2D eigenvalue weighted by molar-refractivity contribution is 0.0775. The van der Waals surface area contributed by atoms with Crippen LogP contribution in [-0.4, -0.2) is 67.8 Å². The standard InChI is InChI=1S/C15H21ClN2O3/c1-17(2)13-8-18(7-10(13)9-19)15(20)12-5-4-11(16)6-14(12)21-3/h4-6,10,13,19H,7-9H2,1-3H3/t10-,13+/m0/s1. The van der Waals surface area contributed by atoms with Crippen molar-refractivity contribution in [2.24, 2.45) is 5.92 Å². The number of nitrogens with zero attached hydrogens (tertiary/aromatic N) is 2. The lowest BCUT2D eigenvalue weighted by atomic mass is 10.0. The number of likely N-dealkylation sites (N-methyl/N-ethyl adjacent to an activating group) is 1. The number of carbonyl (C=O) groups is 1. The molecule has 1 aliphatic rings. The number of amides is 1. The summed E-state index contributed by atoms with van der Waals surface area (Å²) in [5.41, 5.74) is 0.498. The van der Waals surface area contributed by atoms with Crippen molar-refractivity contribution >= 4 is 17.5 Å². The molecule has 2 atom stereocenters. The topological polar surface area (TPSA) is 53.0 Å². The van der Waals surface area contributed by atoms with Crippen LogP contribution in [0.5, 0.6) is 5.75 Å². The fourth-order valence-electron chi connectivity index (χ4n) is 2.80. The van der Waals surface area contributed by atoms with Crippen LogP contribution in [0.1, 0.15) is 10.4 Å². The summed E-state index contributed by atoms with van der Waals surface area (Å²) in [7, 11) is 5.44. The summed E-state index contributed by atoms with van der Waals surface area (Å²) in [6.07, 6.45) is 0. The number of hydrogen-bond donors (Lipinski definition) is 1. The van der Waals surface area contributed by atoms with E-state index in [1.165, 1.54) is 7.11 Å². The van der Waals surface area contributed by atoms with E-state index in [4.69, 9.17) is 16.3 Å². The second kappa shape index (κ2) is 6.64. The van der Waals surface area contributed by atoms with E-state index in [-0.39, 0.29) is 24.5 Å². The van der Waals surface area contributed by atoms with E-state index in [0.29, 0.717) is 29.4 Å². The molecule has 1 aromatic carbocycles. The second-order valence-corrected chi connectivity index (χ2v) is 5.96. The van der Waals surface area contributed by atoms with Crippen molar-refractivity contribution in [3.63, 3.8) is 0 Å². The highest BCUT2D eigenvalue weighted by atomic mass is 35.5. The van der Waals surface area contributed by atoms with E-state index in [0.717, 1.165) is 0 Å². The summed E-state index contributed by atoms with van der Waals surface area (Å²) >= 11 is 5.93. The average Bonchev–Trinajstić information content (AvgIpc) is 2.90. The Balaban J connectivity index is 2.21. The summed E-state index contributed by atoms with van der Waals surface area (Å²) < 4.78 is 5.24. The molecule has 1 amide bonds. The van der Waals surface area contributed by atoms with Crippen LogP contribution < -0.4 is 4.74 Å². The van der Waals surface area contributed by atoms with Gasteiger partial charge in [-0.3, -0.25) is 4.79 Å². The van der Waals surface area contributed by atoms with Crippen molar-refractivity contribution in [3.05, 3.63) is 28.8 Å². The van der Waals surface area contributed by atoms with Gasteiger partial charge in [0.25, 0.3) is 5.91 Å². The van der Waals surface area contributed by atoms with Gasteiger partial charge >= 0.3 is 0 Å². The number of aliphatic hydroxyl groups excluding tert-OH is 1. The largest absolute Gasteiger partial charge is 0.496 e.